The van der Waals surface area contributed by atoms with Crippen LogP contribution in [0.25, 0.3) is 27.9 Å². The average molecular weight is 439 g/mol. The highest BCUT2D eigenvalue weighted by molar-refractivity contribution is 6.32. The molecule has 0 unspecified atom stereocenters. The topological polar surface area (TPSA) is 129 Å². The molecule has 0 saturated carbocycles. The molecule has 158 valence electrons. The zero-order chi connectivity index (χ0) is 22.3. The summed E-state index contributed by atoms with van der Waals surface area (Å²) >= 11 is 5.97. The molecule has 9 nitrogen and oxygen atoms in total. The van der Waals surface area contributed by atoms with Gasteiger partial charge in [-0.3, -0.25) is 19.5 Å². The van der Waals surface area contributed by atoms with Crippen molar-refractivity contribution in [3.8, 4) is 5.69 Å². The third-order valence-electron chi connectivity index (χ3n) is 5.10. The molecule has 0 aliphatic rings. The molecule has 0 spiro atoms. The third-order valence-corrected chi connectivity index (χ3v) is 5.42. The quantitative estimate of drug-likeness (QED) is 0.354. The van der Waals surface area contributed by atoms with Crippen LogP contribution in [0.1, 0.15) is 30.6 Å². The van der Waals surface area contributed by atoms with Gasteiger partial charge < -0.3 is 11.1 Å². The Hall–Kier alpha value is -3.72. The number of aromatic nitrogens is 3. The normalized spacial score (nSPS) is 12.2. The Morgan fingerprint density at radius 2 is 1.94 bits per heavy atom. The van der Waals surface area contributed by atoms with E-state index in [1.165, 1.54) is 16.7 Å². The fourth-order valence-electron chi connectivity index (χ4n) is 3.32. The molecule has 0 fully saturated rings. The van der Waals surface area contributed by atoms with Gasteiger partial charge in [-0.1, -0.05) is 30.7 Å². The molecule has 4 aromatic rings. The van der Waals surface area contributed by atoms with E-state index in [1.807, 2.05) is 26.0 Å². The van der Waals surface area contributed by atoms with Crippen molar-refractivity contribution < 1.29 is 9.72 Å². The number of nitrogen functional groups attached to an aromatic ring is 1. The van der Waals surface area contributed by atoms with Crippen LogP contribution in [0, 0.1) is 10.1 Å². The number of anilines is 1. The summed E-state index contributed by atoms with van der Waals surface area (Å²) < 4.78 is 1.49. The fraction of sp³-hybridized carbons (Fsp3) is 0.190. The first kappa shape index (κ1) is 20.5. The molecule has 0 radical (unpaired) electrons. The molecule has 1 amide bonds. The molecule has 0 aliphatic heterocycles. The van der Waals surface area contributed by atoms with Gasteiger partial charge in [0.15, 0.2) is 5.65 Å². The minimum atomic E-state index is -0.578. The van der Waals surface area contributed by atoms with Crippen LogP contribution in [-0.4, -0.2) is 31.4 Å². The molecular weight excluding hydrogens is 420 g/mol. The van der Waals surface area contributed by atoms with Gasteiger partial charge in [-0.25, -0.2) is 9.97 Å². The van der Waals surface area contributed by atoms with Crippen LogP contribution in [0.4, 0.5) is 11.5 Å². The second-order valence-electron chi connectivity index (χ2n) is 7.16. The van der Waals surface area contributed by atoms with Gasteiger partial charge in [0.1, 0.15) is 21.9 Å². The van der Waals surface area contributed by atoms with Crippen molar-refractivity contribution in [1.82, 2.24) is 19.9 Å². The van der Waals surface area contributed by atoms with Crippen LogP contribution < -0.4 is 11.1 Å². The first-order valence-corrected chi connectivity index (χ1v) is 10.0. The Morgan fingerprint density at radius 3 is 2.58 bits per heavy atom. The molecular formula is C21H19ClN6O3. The number of nitrogens with zero attached hydrogens (tertiary/aromatic N) is 4. The number of nitrogens with two attached hydrogens (primary N) is 1. The molecule has 2 heterocycles. The van der Waals surface area contributed by atoms with E-state index in [0.29, 0.717) is 27.9 Å². The van der Waals surface area contributed by atoms with Gasteiger partial charge in [0.2, 0.25) is 0 Å². The Bertz CT molecular complexity index is 1350. The lowest BCUT2D eigenvalue weighted by Gasteiger charge is -2.11. The molecule has 2 aromatic carbocycles. The zero-order valence-corrected chi connectivity index (χ0v) is 17.6. The number of nitrogens with one attached hydrogen (secondary N) is 1. The van der Waals surface area contributed by atoms with E-state index in [1.54, 1.807) is 18.2 Å². The smallest absolute Gasteiger partial charge is 0.289 e. The average Bonchev–Trinajstić information content (AvgIpc) is 3.03. The van der Waals surface area contributed by atoms with Crippen LogP contribution in [-0.2, 0) is 0 Å². The number of carbonyl (C=O) groups excluding carboxylic acids is 1. The summed E-state index contributed by atoms with van der Waals surface area (Å²) in [6.45, 7) is 3.84. The number of para-hydroxylation sites is 2. The maximum Gasteiger partial charge on any atom is 0.289 e. The number of nitro groups is 1. The summed E-state index contributed by atoms with van der Waals surface area (Å²) in [6.07, 6.45) is 0.738. The summed E-state index contributed by atoms with van der Waals surface area (Å²) in [7, 11) is 0. The number of halogens is 1. The highest BCUT2D eigenvalue weighted by atomic mass is 35.5. The summed E-state index contributed by atoms with van der Waals surface area (Å²) in [4.78, 5) is 33.1. The fourth-order valence-corrected chi connectivity index (χ4v) is 3.51. The second kappa shape index (κ2) is 7.84. The third kappa shape index (κ3) is 3.53. The summed E-state index contributed by atoms with van der Waals surface area (Å²) in [5.41, 5.74) is 8.50. The lowest BCUT2D eigenvalue weighted by molar-refractivity contribution is -0.384. The number of fused-ring (bicyclic) bond motifs is 2. The predicted octanol–water partition coefficient (Wildman–Crippen LogP) is 4.25. The lowest BCUT2D eigenvalue weighted by atomic mass is 10.2. The van der Waals surface area contributed by atoms with Crippen LogP contribution >= 0.6 is 11.6 Å². The van der Waals surface area contributed by atoms with Crippen LogP contribution in [0.15, 0.2) is 42.5 Å². The summed E-state index contributed by atoms with van der Waals surface area (Å²) in [5, 5.41) is 14.3. The number of carbonyl (C=O) groups is 1. The molecule has 1 atom stereocenters. The van der Waals surface area contributed by atoms with Crippen molar-refractivity contribution >= 4 is 51.2 Å². The Kier molecular flexibility index (Phi) is 5.20. The van der Waals surface area contributed by atoms with Gasteiger partial charge in [-0.15, -0.1) is 0 Å². The summed E-state index contributed by atoms with van der Waals surface area (Å²) in [5.74, 6) is -0.300. The molecule has 0 saturated heterocycles. The van der Waals surface area contributed by atoms with Crippen molar-refractivity contribution in [2.45, 2.75) is 26.3 Å². The van der Waals surface area contributed by atoms with Crippen molar-refractivity contribution in [2.75, 3.05) is 5.73 Å². The van der Waals surface area contributed by atoms with Crippen LogP contribution in [0.2, 0.25) is 5.02 Å². The van der Waals surface area contributed by atoms with Gasteiger partial charge in [0.25, 0.3) is 11.6 Å². The Labute approximate surface area is 182 Å². The highest BCUT2D eigenvalue weighted by Gasteiger charge is 2.26. The molecule has 3 N–H and O–H groups in total. The molecule has 0 aliphatic carbocycles. The largest absolute Gasteiger partial charge is 0.384 e. The Morgan fingerprint density at radius 1 is 1.26 bits per heavy atom. The number of nitro benzene ring substituents is 1. The van der Waals surface area contributed by atoms with Crippen LogP contribution in [0.3, 0.4) is 0 Å². The van der Waals surface area contributed by atoms with Gasteiger partial charge in [0, 0.05) is 12.1 Å². The monoisotopic (exact) mass is 438 g/mol. The molecule has 0 bridgehead atoms. The van der Waals surface area contributed by atoms with Crippen LogP contribution in [0.5, 0.6) is 0 Å². The van der Waals surface area contributed by atoms with Crippen molar-refractivity contribution in [2.24, 2.45) is 0 Å². The van der Waals surface area contributed by atoms with Crippen molar-refractivity contribution in [3.05, 3.63) is 63.2 Å². The molecule has 10 heteroatoms. The minimum Gasteiger partial charge on any atom is -0.384 e. The molecule has 31 heavy (non-hydrogen) atoms. The maximum atomic E-state index is 13.1. The van der Waals surface area contributed by atoms with E-state index >= 15 is 0 Å². The number of hydrogen-bond donors (Lipinski definition) is 2. The number of benzene rings is 2. The predicted molar refractivity (Wildman–Crippen MR) is 120 cm³/mol. The van der Waals surface area contributed by atoms with Crippen molar-refractivity contribution in [3.63, 3.8) is 0 Å². The first-order chi connectivity index (χ1) is 14.8. The maximum absolute atomic E-state index is 13.1. The van der Waals surface area contributed by atoms with Gasteiger partial charge in [0.05, 0.1) is 21.6 Å². The SMILES string of the molecule is CC[C@H](C)NC(=O)c1c(N)n(-c2ccc(Cl)c([N+](=O)[O-])c2)c2nc3ccccc3nc12. The van der Waals surface area contributed by atoms with Gasteiger partial charge in [-0.05, 0) is 37.6 Å². The van der Waals surface area contributed by atoms with Crippen molar-refractivity contribution in [1.29, 1.82) is 0 Å². The minimum absolute atomic E-state index is 0.00458. The van der Waals surface area contributed by atoms with Gasteiger partial charge >= 0.3 is 0 Å². The number of hydrogen-bond acceptors (Lipinski definition) is 6. The summed E-state index contributed by atoms with van der Waals surface area (Å²) in [6, 6.07) is 11.4. The lowest BCUT2D eigenvalue weighted by Crippen LogP contribution is -2.32. The van der Waals surface area contributed by atoms with E-state index in [0.717, 1.165) is 6.42 Å². The highest BCUT2D eigenvalue weighted by Crippen LogP contribution is 2.34. The second-order valence-corrected chi connectivity index (χ2v) is 7.56. The van der Waals surface area contributed by atoms with E-state index in [-0.39, 0.29) is 34.0 Å². The first-order valence-electron chi connectivity index (χ1n) is 9.63. The van der Waals surface area contributed by atoms with E-state index in [2.05, 4.69) is 15.3 Å². The number of rotatable bonds is 5. The van der Waals surface area contributed by atoms with E-state index < -0.39 is 4.92 Å². The van der Waals surface area contributed by atoms with Gasteiger partial charge in [-0.2, -0.15) is 0 Å². The standard InChI is InChI=1S/C21H19ClN6O3/c1-3-11(2)24-21(29)17-18-20(26-15-7-5-4-6-14(15)25-18)27(19(17)23)12-8-9-13(22)16(10-12)28(30)31/h4-11H,3,23H2,1-2H3,(H,24,29)/t11-/m0/s1. The number of amides is 1. The van der Waals surface area contributed by atoms with E-state index in [4.69, 9.17) is 17.3 Å². The van der Waals surface area contributed by atoms with E-state index in [9.17, 15) is 14.9 Å². The Balaban J connectivity index is 2.04. The zero-order valence-electron chi connectivity index (χ0n) is 16.8. The molecule has 4 rings (SSSR count). The molecule has 2 aromatic heterocycles.